The highest BCUT2D eigenvalue weighted by molar-refractivity contribution is 7.98. The Morgan fingerprint density at radius 3 is 2.30 bits per heavy atom. The van der Waals surface area contributed by atoms with Crippen LogP contribution in [0.1, 0.15) is 27.0 Å². The number of esters is 3. The summed E-state index contributed by atoms with van der Waals surface area (Å²) in [4.78, 5) is 54.2. The van der Waals surface area contributed by atoms with Crippen molar-refractivity contribution in [3.63, 3.8) is 0 Å². The van der Waals surface area contributed by atoms with Crippen molar-refractivity contribution in [2.24, 2.45) is 0 Å². The summed E-state index contributed by atoms with van der Waals surface area (Å²) in [5, 5.41) is 0.256. The number of ether oxygens (including phenoxy) is 4. The van der Waals surface area contributed by atoms with Gasteiger partial charge in [-0.1, -0.05) is 11.8 Å². The van der Waals surface area contributed by atoms with E-state index >= 15 is 0 Å². The molecule has 11 nitrogen and oxygen atoms in total. The largest absolute Gasteiger partial charge is 0.463 e. The smallest absolute Gasteiger partial charge is 0.353 e. The van der Waals surface area contributed by atoms with Gasteiger partial charge >= 0.3 is 23.6 Å². The predicted molar refractivity (Wildman–Crippen MR) is 89.7 cm³/mol. The van der Waals surface area contributed by atoms with E-state index in [1.165, 1.54) is 31.9 Å². The van der Waals surface area contributed by atoms with Crippen LogP contribution < -0.4 is 5.69 Å². The molecule has 1 saturated heterocycles. The molecule has 0 aromatic carbocycles. The molecule has 0 radical (unpaired) electrons. The van der Waals surface area contributed by atoms with Gasteiger partial charge in [0.05, 0.1) is 0 Å². The first-order valence-electron chi connectivity index (χ1n) is 7.85. The Morgan fingerprint density at radius 2 is 1.78 bits per heavy atom. The first-order valence-corrected chi connectivity index (χ1v) is 9.07. The van der Waals surface area contributed by atoms with Crippen LogP contribution in [0.5, 0.6) is 0 Å². The number of hydrogen-bond acceptors (Lipinski definition) is 11. The monoisotopic (exact) mass is 401 g/mol. The van der Waals surface area contributed by atoms with Crippen molar-refractivity contribution in [2.45, 2.75) is 50.5 Å². The van der Waals surface area contributed by atoms with Gasteiger partial charge in [0.25, 0.3) is 0 Å². The number of carbonyl (C=O) groups is 3. The van der Waals surface area contributed by atoms with Gasteiger partial charge in [0, 0.05) is 20.8 Å². The maximum Gasteiger partial charge on any atom is 0.353 e. The lowest BCUT2D eigenvalue weighted by Crippen LogP contribution is -2.42. The molecule has 0 saturated carbocycles. The van der Waals surface area contributed by atoms with Gasteiger partial charge in [-0.05, 0) is 6.26 Å². The molecule has 148 valence electrons. The van der Waals surface area contributed by atoms with Gasteiger partial charge in [0.1, 0.15) is 19.0 Å². The molecule has 0 aliphatic carbocycles. The topological polar surface area (TPSA) is 136 Å². The lowest BCUT2D eigenvalue weighted by atomic mass is 10.1. The fourth-order valence-corrected chi connectivity index (χ4v) is 2.84. The predicted octanol–water partition coefficient (Wildman–Crippen LogP) is -0.316. The van der Waals surface area contributed by atoms with Crippen molar-refractivity contribution in [1.82, 2.24) is 14.5 Å². The van der Waals surface area contributed by atoms with E-state index in [0.717, 1.165) is 11.5 Å². The molecule has 1 aliphatic rings. The molecule has 0 unspecified atom stereocenters. The van der Waals surface area contributed by atoms with E-state index < -0.39 is 48.1 Å². The third kappa shape index (κ3) is 5.26. The Balaban J connectivity index is 2.40. The van der Waals surface area contributed by atoms with Gasteiger partial charge in [-0.3, -0.25) is 19.0 Å². The van der Waals surface area contributed by atoms with Crippen molar-refractivity contribution >= 4 is 29.7 Å². The summed E-state index contributed by atoms with van der Waals surface area (Å²) < 4.78 is 22.1. The minimum absolute atomic E-state index is 0.256. The maximum atomic E-state index is 12.3. The van der Waals surface area contributed by atoms with Crippen molar-refractivity contribution < 1.29 is 33.3 Å². The Bertz CT molecular complexity index is 783. The van der Waals surface area contributed by atoms with Crippen molar-refractivity contribution in [3.8, 4) is 0 Å². The molecule has 0 spiro atoms. The number of aromatic nitrogens is 3. The average Bonchev–Trinajstić information content (AvgIpc) is 2.89. The van der Waals surface area contributed by atoms with Gasteiger partial charge in [-0.15, -0.1) is 0 Å². The summed E-state index contributed by atoms with van der Waals surface area (Å²) in [7, 11) is 0. The van der Waals surface area contributed by atoms with Crippen LogP contribution in [0.15, 0.2) is 16.3 Å². The van der Waals surface area contributed by atoms with Gasteiger partial charge in [0.2, 0.25) is 0 Å². The van der Waals surface area contributed by atoms with Crippen LogP contribution in [0.3, 0.4) is 0 Å². The highest BCUT2D eigenvalue weighted by Gasteiger charge is 2.51. The third-order valence-corrected chi connectivity index (χ3v) is 4.06. The molecular weight excluding hydrogens is 382 g/mol. The summed E-state index contributed by atoms with van der Waals surface area (Å²) >= 11 is 1.18. The van der Waals surface area contributed by atoms with E-state index in [1.54, 1.807) is 6.26 Å². The summed E-state index contributed by atoms with van der Waals surface area (Å²) in [6.45, 7) is 3.28. The molecule has 1 aromatic rings. The molecule has 1 aromatic heterocycles. The van der Waals surface area contributed by atoms with E-state index in [2.05, 4.69) is 9.97 Å². The van der Waals surface area contributed by atoms with E-state index in [-0.39, 0.29) is 11.8 Å². The lowest BCUT2D eigenvalue weighted by Gasteiger charge is -2.23. The van der Waals surface area contributed by atoms with Gasteiger partial charge < -0.3 is 18.9 Å². The van der Waals surface area contributed by atoms with E-state index in [1.807, 2.05) is 0 Å². The van der Waals surface area contributed by atoms with Crippen LogP contribution in [0.2, 0.25) is 0 Å². The number of thioether (sulfide) groups is 1. The van der Waals surface area contributed by atoms with Crippen LogP contribution in [0.4, 0.5) is 0 Å². The second-order valence-corrected chi connectivity index (χ2v) is 6.32. The zero-order valence-electron chi connectivity index (χ0n) is 15.1. The van der Waals surface area contributed by atoms with Crippen LogP contribution in [-0.2, 0) is 33.3 Å². The molecular formula is C15H19N3O8S. The molecule has 2 rings (SSSR count). The van der Waals surface area contributed by atoms with E-state index in [0.29, 0.717) is 0 Å². The fourth-order valence-electron chi connectivity index (χ4n) is 2.52. The molecule has 12 heteroatoms. The SMILES string of the molecule is CSc1ncn([C@@H]2O[C@H](COC(C)=O)[C@@H](OC(C)=O)[C@H]2OC(C)=O)c(=O)n1. The second kappa shape index (κ2) is 8.95. The van der Waals surface area contributed by atoms with E-state index in [9.17, 15) is 19.2 Å². The standard InChI is InChI=1S/C15H19N3O8S/c1-7(19)23-5-10-11(24-8(2)20)12(25-9(3)21)13(26-10)18-6-16-14(27-4)17-15(18)22/h6,10-13H,5H2,1-4H3/t10-,11-,12-,13-/m1/s1. The maximum absolute atomic E-state index is 12.3. The fraction of sp³-hybridized carbons (Fsp3) is 0.600. The zero-order chi connectivity index (χ0) is 20.1. The molecule has 0 amide bonds. The molecule has 1 aliphatic heterocycles. The van der Waals surface area contributed by atoms with Gasteiger partial charge in [-0.2, -0.15) is 4.98 Å². The Morgan fingerprint density at radius 1 is 1.15 bits per heavy atom. The number of rotatable bonds is 6. The summed E-state index contributed by atoms with van der Waals surface area (Å²) in [6, 6.07) is 0. The number of carbonyl (C=O) groups excluding carboxylic acids is 3. The number of nitrogens with zero attached hydrogens (tertiary/aromatic N) is 3. The normalized spacial score (nSPS) is 24.3. The Kier molecular flexibility index (Phi) is 6.91. The molecule has 0 bridgehead atoms. The summed E-state index contributed by atoms with van der Waals surface area (Å²) in [5.74, 6) is -1.90. The summed E-state index contributed by atoms with van der Waals surface area (Å²) in [5.41, 5.74) is -0.689. The Labute approximate surface area is 158 Å². The molecule has 0 N–H and O–H groups in total. The molecule has 4 atom stereocenters. The average molecular weight is 401 g/mol. The molecule has 27 heavy (non-hydrogen) atoms. The van der Waals surface area contributed by atoms with Crippen molar-refractivity contribution in [2.75, 3.05) is 12.9 Å². The van der Waals surface area contributed by atoms with Crippen LogP contribution in [0, 0.1) is 0 Å². The van der Waals surface area contributed by atoms with Crippen LogP contribution >= 0.6 is 11.8 Å². The first-order chi connectivity index (χ1) is 12.7. The number of hydrogen-bond donors (Lipinski definition) is 0. The van der Waals surface area contributed by atoms with Crippen LogP contribution in [-0.4, -0.2) is 63.6 Å². The summed E-state index contributed by atoms with van der Waals surface area (Å²) in [6.07, 6.45) is -1.47. The lowest BCUT2D eigenvalue weighted by molar-refractivity contribution is -0.166. The highest BCUT2D eigenvalue weighted by Crippen LogP contribution is 2.33. The van der Waals surface area contributed by atoms with Gasteiger partial charge in [0.15, 0.2) is 23.6 Å². The van der Waals surface area contributed by atoms with Crippen molar-refractivity contribution in [1.29, 1.82) is 0 Å². The molecule has 1 fully saturated rings. The first kappa shape index (κ1) is 20.8. The highest BCUT2D eigenvalue weighted by atomic mass is 32.2. The van der Waals surface area contributed by atoms with Gasteiger partial charge in [-0.25, -0.2) is 9.78 Å². The minimum atomic E-state index is -1.16. The van der Waals surface area contributed by atoms with Crippen molar-refractivity contribution in [3.05, 3.63) is 16.8 Å². The minimum Gasteiger partial charge on any atom is -0.463 e. The third-order valence-electron chi connectivity index (χ3n) is 3.50. The Hall–Kier alpha value is -2.47. The van der Waals surface area contributed by atoms with Crippen LogP contribution in [0.25, 0.3) is 0 Å². The molecule has 2 heterocycles. The quantitative estimate of drug-likeness (QED) is 0.352. The second-order valence-electron chi connectivity index (χ2n) is 5.55. The van der Waals surface area contributed by atoms with E-state index in [4.69, 9.17) is 18.9 Å². The zero-order valence-corrected chi connectivity index (χ0v) is 15.9.